The SMILES string of the molecule is CCCCCCCCc1cnc(-c2ccc(O[C@]3(C)O[C@@H]3CCCC)cc2)nc1. The molecule has 2 heterocycles. The summed E-state index contributed by atoms with van der Waals surface area (Å²) in [6.45, 7) is 6.47. The van der Waals surface area contributed by atoms with Crippen LogP contribution >= 0.6 is 0 Å². The second-order valence-corrected chi connectivity index (χ2v) is 8.32. The minimum atomic E-state index is -0.467. The van der Waals surface area contributed by atoms with Crippen LogP contribution in [0, 0.1) is 0 Å². The third-order valence-corrected chi connectivity index (χ3v) is 5.68. The van der Waals surface area contributed by atoms with Gasteiger partial charge in [0.15, 0.2) is 5.82 Å². The molecule has 29 heavy (non-hydrogen) atoms. The summed E-state index contributed by atoms with van der Waals surface area (Å²) in [5, 5.41) is 0. The molecular weight excluding hydrogens is 360 g/mol. The number of aromatic nitrogens is 2. The number of rotatable bonds is 13. The smallest absolute Gasteiger partial charge is 0.234 e. The molecule has 4 heteroatoms. The van der Waals surface area contributed by atoms with Crippen LogP contribution in [0.4, 0.5) is 0 Å². The Morgan fingerprint density at radius 1 is 0.897 bits per heavy atom. The van der Waals surface area contributed by atoms with Gasteiger partial charge in [-0.2, -0.15) is 0 Å². The lowest BCUT2D eigenvalue weighted by molar-refractivity contribution is 0.0803. The zero-order chi connectivity index (χ0) is 20.5. The lowest BCUT2D eigenvalue weighted by atomic mass is 10.1. The summed E-state index contributed by atoms with van der Waals surface area (Å²) < 4.78 is 11.8. The Hall–Kier alpha value is -1.94. The van der Waals surface area contributed by atoms with Crippen LogP contribution in [-0.4, -0.2) is 21.9 Å². The fourth-order valence-corrected chi connectivity index (χ4v) is 3.70. The van der Waals surface area contributed by atoms with Crippen molar-refractivity contribution in [3.63, 3.8) is 0 Å². The van der Waals surface area contributed by atoms with Gasteiger partial charge in [-0.15, -0.1) is 0 Å². The van der Waals surface area contributed by atoms with Crippen LogP contribution in [0.25, 0.3) is 11.4 Å². The number of hydrogen-bond donors (Lipinski definition) is 0. The minimum absolute atomic E-state index is 0.213. The molecule has 1 aliphatic heterocycles. The fourth-order valence-electron chi connectivity index (χ4n) is 3.70. The van der Waals surface area contributed by atoms with Crippen molar-refractivity contribution in [1.82, 2.24) is 9.97 Å². The second kappa shape index (κ2) is 10.7. The highest BCUT2D eigenvalue weighted by molar-refractivity contribution is 5.56. The van der Waals surface area contributed by atoms with E-state index < -0.39 is 5.79 Å². The van der Waals surface area contributed by atoms with Gasteiger partial charge in [-0.1, -0.05) is 58.8 Å². The standard InChI is InChI=1S/C25H36N2O2/c1-4-6-8-9-10-11-12-20-18-26-24(27-19-20)21-14-16-22(17-15-21)28-25(3)23(29-25)13-7-5-2/h14-19,23H,4-13H2,1-3H3/t23-,25-/m1/s1. The third-order valence-electron chi connectivity index (χ3n) is 5.68. The van der Waals surface area contributed by atoms with Crippen molar-refractivity contribution in [1.29, 1.82) is 0 Å². The quantitative estimate of drug-likeness (QED) is 0.278. The maximum absolute atomic E-state index is 6.05. The van der Waals surface area contributed by atoms with Crippen LogP contribution in [-0.2, 0) is 11.2 Å². The Morgan fingerprint density at radius 2 is 1.55 bits per heavy atom. The predicted molar refractivity (Wildman–Crippen MR) is 118 cm³/mol. The van der Waals surface area contributed by atoms with E-state index in [2.05, 4.69) is 23.8 Å². The van der Waals surface area contributed by atoms with Gasteiger partial charge < -0.3 is 9.47 Å². The van der Waals surface area contributed by atoms with Crippen LogP contribution in [0.5, 0.6) is 5.75 Å². The molecule has 0 bridgehead atoms. The van der Waals surface area contributed by atoms with Crippen LogP contribution in [0.1, 0.15) is 84.1 Å². The van der Waals surface area contributed by atoms with E-state index in [-0.39, 0.29) is 6.10 Å². The molecule has 1 fully saturated rings. The Kier molecular flexibility index (Phi) is 8.05. The average molecular weight is 397 g/mol. The molecule has 0 saturated carbocycles. The van der Waals surface area contributed by atoms with Crippen LogP contribution in [0.3, 0.4) is 0 Å². The van der Waals surface area contributed by atoms with Gasteiger partial charge in [0, 0.05) is 24.9 Å². The van der Waals surface area contributed by atoms with Gasteiger partial charge in [0.2, 0.25) is 5.79 Å². The molecular formula is C25H36N2O2. The monoisotopic (exact) mass is 396 g/mol. The van der Waals surface area contributed by atoms with Gasteiger partial charge in [0.25, 0.3) is 0 Å². The lowest BCUT2D eigenvalue weighted by Gasteiger charge is -2.11. The maximum Gasteiger partial charge on any atom is 0.234 e. The van der Waals surface area contributed by atoms with Crippen molar-refractivity contribution < 1.29 is 9.47 Å². The van der Waals surface area contributed by atoms with Crippen LogP contribution in [0.15, 0.2) is 36.7 Å². The number of benzene rings is 1. The van der Waals surface area contributed by atoms with E-state index >= 15 is 0 Å². The molecule has 0 amide bonds. The van der Waals surface area contributed by atoms with Crippen molar-refractivity contribution in [2.75, 3.05) is 0 Å². The molecule has 1 aliphatic rings. The molecule has 1 aromatic carbocycles. The summed E-state index contributed by atoms with van der Waals surface area (Å²) in [5.74, 6) is 1.12. The fraction of sp³-hybridized carbons (Fsp3) is 0.600. The largest absolute Gasteiger partial charge is 0.460 e. The van der Waals surface area contributed by atoms with Crippen molar-refractivity contribution in [2.45, 2.75) is 96.9 Å². The molecule has 3 rings (SSSR count). The number of epoxide rings is 1. The zero-order valence-electron chi connectivity index (χ0n) is 18.3. The molecule has 0 N–H and O–H groups in total. The Morgan fingerprint density at radius 3 is 2.24 bits per heavy atom. The average Bonchev–Trinajstić information content (AvgIpc) is 3.39. The second-order valence-electron chi connectivity index (χ2n) is 8.32. The van der Waals surface area contributed by atoms with E-state index in [1.165, 1.54) is 56.9 Å². The van der Waals surface area contributed by atoms with Crippen molar-refractivity contribution in [2.24, 2.45) is 0 Å². The van der Waals surface area contributed by atoms with Gasteiger partial charge in [0.1, 0.15) is 11.9 Å². The van der Waals surface area contributed by atoms with Gasteiger partial charge in [-0.3, -0.25) is 0 Å². The van der Waals surface area contributed by atoms with E-state index in [0.29, 0.717) is 0 Å². The van der Waals surface area contributed by atoms with E-state index in [1.807, 2.05) is 43.6 Å². The molecule has 1 saturated heterocycles. The molecule has 0 aliphatic carbocycles. The number of aryl methyl sites for hydroxylation is 1. The Bertz CT molecular complexity index is 729. The molecule has 0 radical (unpaired) electrons. The van der Waals surface area contributed by atoms with E-state index in [4.69, 9.17) is 9.47 Å². The zero-order valence-corrected chi connectivity index (χ0v) is 18.3. The van der Waals surface area contributed by atoms with Crippen molar-refractivity contribution in [3.05, 3.63) is 42.2 Å². The Balaban J connectivity index is 1.46. The lowest BCUT2D eigenvalue weighted by Crippen LogP contribution is -2.18. The first-order valence-corrected chi connectivity index (χ1v) is 11.4. The summed E-state index contributed by atoms with van der Waals surface area (Å²) >= 11 is 0. The van der Waals surface area contributed by atoms with Gasteiger partial charge in [-0.25, -0.2) is 9.97 Å². The van der Waals surface area contributed by atoms with Crippen LogP contribution in [0.2, 0.25) is 0 Å². The number of nitrogens with zero attached hydrogens (tertiary/aromatic N) is 2. The maximum atomic E-state index is 6.05. The number of ether oxygens (including phenoxy) is 2. The molecule has 2 aromatic rings. The van der Waals surface area contributed by atoms with Gasteiger partial charge in [0.05, 0.1) is 0 Å². The molecule has 158 valence electrons. The highest BCUT2D eigenvalue weighted by Gasteiger charge is 2.54. The highest BCUT2D eigenvalue weighted by atomic mass is 16.8. The summed E-state index contributed by atoms with van der Waals surface area (Å²) in [7, 11) is 0. The molecule has 2 atom stereocenters. The first-order chi connectivity index (χ1) is 14.1. The Labute approximate surface area is 176 Å². The van der Waals surface area contributed by atoms with Gasteiger partial charge >= 0.3 is 0 Å². The summed E-state index contributed by atoms with van der Waals surface area (Å²) in [5.41, 5.74) is 2.23. The molecule has 0 spiro atoms. The van der Waals surface area contributed by atoms with Crippen molar-refractivity contribution >= 4 is 0 Å². The van der Waals surface area contributed by atoms with E-state index in [0.717, 1.165) is 30.0 Å². The van der Waals surface area contributed by atoms with Gasteiger partial charge in [-0.05, 0) is 49.1 Å². The van der Waals surface area contributed by atoms with Crippen LogP contribution < -0.4 is 4.74 Å². The topological polar surface area (TPSA) is 47.5 Å². The number of hydrogen-bond acceptors (Lipinski definition) is 4. The summed E-state index contributed by atoms with van der Waals surface area (Å²) in [4.78, 5) is 9.13. The van der Waals surface area contributed by atoms with Crippen molar-refractivity contribution in [3.8, 4) is 17.1 Å². The third kappa shape index (κ3) is 6.53. The highest BCUT2D eigenvalue weighted by Crippen LogP contribution is 2.41. The first kappa shape index (κ1) is 21.8. The molecule has 0 unspecified atom stereocenters. The van der Waals surface area contributed by atoms with E-state index in [1.54, 1.807) is 0 Å². The molecule has 1 aromatic heterocycles. The minimum Gasteiger partial charge on any atom is -0.460 e. The predicted octanol–water partition coefficient (Wildman–Crippen LogP) is 6.73. The summed E-state index contributed by atoms with van der Waals surface area (Å²) in [6, 6.07) is 8.00. The normalized spacial score (nSPS) is 20.6. The van der Waals surface area contributed by atoms with E-state index in [9.17, 15) is 0 Å². The summed E-state index contributed by atoms with van der Waals surface area (Å²) in [6.07, 6.45) is 16.5. The number of unbranched alkanes of at least 4 members (excludes halogenated alkanes) is 6. The first-order valence-electron chi connectivity index (χ1n) is 11.4. The molecule has 4 nitrogen and oxygen atoms in total.